The van der Waals surface area contributed by atoms with Crippen LogP contribution in [0.15, 0.2) is 0 Å². The van der Waals surface area contributed by atoms with Crippen LogP contribution in [-0.4, -0.2) is 25.3 Å². The van der Waals surface area contributed by atoms with E-state index in [0.717, 1.165) is 19.6 Å². The monoisotopic (exact) mass is 171 g/mol. The lowest BCUT2D eigenvalue weighted by atomic mass is 9.96. The van der Waals surface area contributed by atoms with Gasteiger partial charge in [0.15, 0.2) is 0 Å². The molecule has 2 heteroatoms. The van der Waals surface area contributed by atoms with E-state index in [1.54, 1.807) is 0 Å². The van der Waals surface area contributed by atoms with E-state index in [0.29, 0.717) is 12.1 Å². The molecule has 0 spiro atoms. The highest BCUT2D eigenvalue weighted by Gasteiger charge is 2.17. The van der Waals surface area contributed by atoms with Crippen LogP contribution in [0.4, 0.5) is 0 Å². The van der Waals surface area contributed by atoms with Crippen molar-refractivity contribution >= 4 is 0 Å². The van der Waals surface area contributed by atoms with E-state index in [1.807, 2.05) is 0 Å². The van der Waals surface area contributed by atoms with Crippen LogP contribution in [0.5, 0.6) is 0 Å². The first-order valence-electron chi connectivity index (χ1n) is 5.18. The molecule has 0 aromatic rings. The smallest absolute Gasteiger partial charge is 0.0575 e. The molecule has 72 valence electrons. The molecule has 1 unspecified atom stereocenters. The normalized spacial score (nSPS) is 20.5. The molecule has 0 amide bonds. The van der Waals surface area contributed by atoms with Crippen LogP contribution in [-0.2, 0) is 4.74 Å². The average molecular weight is 171 g/mol. The van der Waals surface area contributed by atoms with Crippen LogP contribution >= 0.6 is 0 Å². The van der Waals surface area contributed by atoms with E-state index < -0.39 is 0 Å². The van der Waals surface area contributed by atoms with E-state index >= 15 is 0 Å². The summed E-state index contributed by atoms with van der Waals surface area (Å²) in [5.74, 6) is 0. The van der Waals surface area contributed by atoms with Gasteiger partial charge in [0.1, 0.15) is 0 Å². The van der Waals surface area contributed by atoms with Crippen molar-refractivity contribution in [2.24, 2.45) is 0 Å². The predicted molar refractivity (Wildman–Crippen MR) is 51.3 cm³/mol. The van der Waals surface area contributed by atoms with Crippen molar-refractivity contribution in [1.82, 2.24) is 5.32 Å². The van der Waals surface area contributed by atoms with Crippen molar-refractivity contribution in [2.75, 3.05) is 13.2 Å². The molecule has 1 fully saturated rings. The number of rotatable bonds is 6. The zero-order valence-electron chi connectivity index (χ0n) is 8.31. The molecule has 0 heterocycles. The minimum absolute atomic E-state index is 0.596. The topological polar surface area (TPSA) is 21.3 Å². The van der Waals surface area contributed by atoms with Gasteiger partial charge >= 0.3 is 0 Å². The fourth-order valence-electron chi connectivity index (χ4n) is 1.40. The molecule has 1 atom stereocenters. The maximum atomic E-state index is 5.65. The molecule has 0 aliphatic heterocycles. The first kappa shape index (κ1) is 10.0. The molecule has 2 nitrogen and oxygen atoms in total. The van der Waals surface area contributed by atoms with Gasteiger partial charge in [0.2, 0.25) is 0 Å². The summed E-state index contributed by atoms with van der Waals surface area (Å²) in [7, 11) is 0. The highest BCUT2D eigenvalue weighted by atomic mass is 16.5. The zero-order chi connectivity index (χ0) is 8.81. The van der Waals surface area contributed by atoms with Gasteiger partial charge in [-0.15, -0.1) is 0 Å². The van der Waals surface area contributed by atoms with Crippen molar-refractivity contribution in [3.63, 3.8) is 0 Å². The van der Waals surface area contributed by atoms with E-state index in [1.165, 1.54) is 19.3 Å². The highest BCUT2D eigenvalue weighted by molar-refractivity contribution is 4.69. The lowest BCUT2D eigenvalue weighted by Gasteiger charge is -2.26. The van der Waals surface area contributed by atoms with Crippen molar-refractivity contribution in [3.8, 4) is 0 Å². The summed E-state index contributed by atoms with van der Waals surface area (Å²) in [6.07, 6.45) is 5.68. The fourth-order valence-corrected chi connectivity index (χ4v) is 1.40. The third-order valence-electron chi connectivity index (χ3n) is 2.51. The Balaban J connectivity index is 1.86. The van der Waals surface area contributed by atoms with Gasteiger partial charge in [-0.25, -0.2) is 0 Å². The Morgan fingerprint density at radius 1 is 1.50 bits per heavy atom. The minimum atomic E-state index is 0.596. The SMILES string of the molecule is CCNC(C)CCOC1CCC1. The largest absolute Gasteiger partial charge is 0.378 e. The Bertz CT molecular complexity index is 112. The van der Waals surface area contributed by atoms with Gasteiger partial charge in [0.05, 0.1) is 6.10 Å². The maximum absolute atomic E-state index is 5.65. The second-order valence-electron chi connectivity index (χ2n) is 3.67. The molecule has 0 aromatic heterocycles. The molecule has 1 saturated carbocycles. The summed E-state index contributed by atoms with van der Waals surface area (Å²) in [4.78, 5) is 0. The number of ether oxygens (including phenoxy) is 1. The number of hydrogen-bond donors (Lipinski definition) is 1. The van der Waals surface area contributed by atoms with Gasteiger partial charge in [-0.1, -0.05) is 6.92 Å². The van der Waals surface area contributed by atoms with Crippen LogP contribution < -0.4 is 5.32 Å². The Labute approximate surface area is 75.7 Å². The molecule has 1 aliphatic carbocycles. The van der Waals surface area contributed by atoms with Crippen LogP contribution in [0.3, 0.4) is 0 Å². The van der Waals surface area contributed by atoms with E-state index in [9.17, 15) is 0 Å². The molecule has 1 rings (SSSR count). The first-order valence-corrected chi connectivity index (χ1v) is 5.18. The Morgan fingerprint density at radius 2 is 2.25 bits per heavy atom. The molecular weight excluding hydrogens is 150 g/mol. The molecule has 0 aromatic carbocycles. The second kappa shape index (κ2) is 5.55. The van der Waals surface area contributed by atoms with Crippen molar-refractivity contribution in [3.05, 3.63) is 0 Å². The van der Waals surface area contributed by atoms with Gasteiger partial charge in [-0.2, -0.15) is 0 Å². The van der Waals surface area contributed by atoms with Gasteiger partial charge in [0.25, 0.3) is 0 Å². The molecular formula is C10H21NO. The van der Waals surface area contributed by atoms with Gasteiger partial charge < -0.3 is 10.1 Å². The second-order valence-corrected chi connectivity index (χ2v) is 3.67. The molecule has 1 aliphatic rings. The number of nitrogens with one attached hydrogen (secondary N) is 1. The van der Waals surface area contributed by atoms with Crippen LogP contribution in [0.25, 0.3) is 0 Å². The van der Waals surface area contributed by atoms with E-state index in [4.69, 9.17) is 4.74 Å². The van der Waals surface area contributed by atoms with Crippen molar-refractivity contribution in [1.29, 1.82) is 0 Å². The number of hydrogen-bond acceptors (Lipinski definition) is 2. The van der Waals surface area contributed by atoms with Crippen LogP contribution in [0, 0.1) is 0 Å². The van der Waals surface area contributed by atoms with Crippen LogP contribution in [0.2, 0.25) is 0 Å². The van der Waals surface area contributed by atoms with Gasteiger partial charge in [0, 0.05) is 12.6 Å². The molecule has 1 N–H and O–H groups in total. The maximum Gasteiger partial charge on any atom is 0.0575 e. The summed E-state index contributed by atoms with van der Waals surface area (Å²) in [5.41, 5.74) is 0. The van der Waals surface area contributed by atoms with Gasteiger partial charge in [-0.05, 0) is 39.2 Å². The van der Waals surface area contributed by atoms with Crippen molar-refractivity contribution in [2.45, 2.75) is 51.7 Å². The summed E-state index contributed by atoms with van der Waals surface area (Å²) in [5, 5.41) is 3.38. The third-order valence-corrected chi connectivity index (χ3v) is 2.51. The lowest BCUT2D eigenvalue weighted by Crippen LogP contribution is -2.29. The van der Waals surface area contributed by atoms with Crippen molar-refractivity contribution < 1.29 is 4.74 Å². The highest BCUT2D eigenvalue weighted by Crippen LogP contribution is 2.21. The quantitative estimate of drug-likeness (QED) is 0.659. The van der Waals surface area contributed by atoms with Crippen LogP contribution in [0.1, 0.15) is 39.5 Å². The molecule has 12 heavy (non-hydrogen) atoms. The summed E-state index contributed by atoms with van der Waals surface area (Å²) < 4.78 is 5.65. The molecule has 0 saturated heterocycles. The van der Waals surface area contributed by atoms with Gasteiger partial charge in [-0.3, -0.25) is 0 Å². The summed E-state index contributed by atoms with van der Waals surface area (Å²) in [6, 6.07) is 0.607. The molecule has 0 bridgehead atoms. The third kappa shape index (κ3) is 3.55. The van der Waals surface area contributed by atoms with E-state index in [-0.39, 0.29) is 0 Å². The summed E-state index contributed by atoms with van der Waals surface area (Å²) >= 11 is 0. The zero-order valence-corrected chi connectivity index (χ0v) is 8.31. The van der Waals surface area contributed by atoms with E-state index in [2.05, 4.69) is 19.2 Å². The fraction of sp³-hybridized carbons (Fsp3) is 1.00. The predicted octanol–water partition coefficient (Wildman–Crippen LogP) is 1.94. The average Bonchev–Trinajstić information content (AvgIpc) is 1.95. The Kier molecular flexibility index (Phi) is 4.62. The Hall–Kier alpha value is -0.0800. The summed E-state index contributed by atoms with van der Waals surface area (Å²) in [6.45, 7) is 6.35. The lowest BCUT2D eigenvalue weighted by molar-refractivity contribution is -0.00107. The Morgan fingerprint density at radius 3 is 2.75 bits per heavy atom. The standard InChI is InChI=1S/C10H21NO/c1-3-11-9(2)7-8-12-10-5-4-6-10/h9-11H,3-8H2,1-2H3. The first-order chi connectivity index (χ1) is 5.83. The minimum Gasteiger partial charge on any atom is -0.378 e. The molecule has 0 radical (unpaired) electrons.